The van der Waals surface area contributed by atoms with Gasteiger partial charge in [0.05, 0.1) is 13.2 Å². The van der Waals surface area contributed by atoms with Crippen molar-refractivity contribution in [3.05, 3.63) is 0 Å². The first-order chi connectivity index (χ1) is 17.3. The standard InChI is InChI=1S/C28H56O4.K.H3O4P/c1-6-7-8-9-10-11-12-17-22-28(27(29)30,31-23-18-13-15-20-25(2)3)32-24-19-14-16-21-26(4)5;;1-5(2,3)4/h25-26H,6-24H2,1-5H3,(H,29,30);;(H3,1,2,3,4)/q;+1;/p-1. The summed E-state index contributed by atoms with van der Waals surface area (Å²) < 4.78 is 20.7. The van der Waals surface area contributed by atoms with Gasteiger partial charge in [-0.2, -0.15) is 0 Å². The monoisotopic (exact) mass is 592 g/mol. The summed E-state index contributed by atoms with van der Waals surface area (Å²) in [6, 6.07) is 0. The maximum Gasteiger partial charge on any atom is 1.00 e. The number of carbonyl (C=O) groups is 1. The first kappa shape index (κ1) is 43.6. The van der Waals surface area contributed by atoms with Gasteiger partial charge in [0, 0.05) is 6.42 Å². The van der Waals surface area contributed by atoms with Gasteiger partial charge in [0.2, 0.25) is 0 Å². The van der Waals surface area contributed by atoms with Crippen molar-refractivity contribution in [1.82, 2.24) is 0 Å². The fourth-order valence-corrected chi connectivity index (χ4v) is 4.04. The Morgan fingerprint density at radius 3 is 1.42 bits per heavy atom. The zero-order valence-electron chi connectivity index (χ0n) is 25.4. The topological polar surface area (TPSA) is 136 Å². The van der Waals surface area contributed by atoms with E-state index in [4.69, 9.17) is 28.7 Å². The van der Waals surface area contributed by atoms with Crippen LogP contribution in [0.5, 0.6) is 0 Å². The predicted molar refractivity (Wildman–Crippen MR) is 148 cm³/mol. The first-order valence-electron chi connectivity index (χ1n) is 14.6. The molecule has 0 saturated carbocycles. The molecule has 0 bridgehead atoms. The Balaban J connectivity index is -0.00000185. The van der Waals surface area contributed by atoms with E-state index in [0.29, 0.717) is 19.6 Å². The van der Waals surface area contributed by atoms with Crippen LogP contribution in [0.25, 0.3) is 0 Å². The van der Waals surface area contributed by atoms with Gasteiger partial charge in [-0.15, -0.1) is 0 Å². The van der Waals surface area contributed by atoms with E-state index < -0.39 is 19.6 Å². The molecule has 0 spiro atoms. The van der Waals surface area contributed by atoms with Crippen LogP contribution < -0.4 is 56.3 Å². The van der Waals surface area contributed by atoms with Crippen molar-refractivity contribution in [3.63, 3.8) is 0 Å². The van der Waals surface area contributed by atoms with Gasteiger partial charge in [-0.25, -0.2) is 4.79 Å². The molecule has 0 rings (SSSR count). The molecule has 0 aliphatic carbocycles. The second-order valence-electron chi connectivity index (χ2n) is 11.0. The number of phosphoric acid groups is 1. The third-order valence-corrected chi connectivity index (χ3v) is 6.21. The van der Waals surface area contributed by atoms with E-state index >= 15 is 0 Å². The minimum Gasteiger partial charge on any atom is -0.756 e. The molecule has 0 saturated heterocycles. The Kier molecular flexibility index (Phi) is 32.4. The van der Waals surface area contributed by atoms with Crippen LogP contribution in [0.4, 0.5) is 0 Å². The van der Waals surface area contributed by atoms with Gasteiger partial charge < -0.3 is 29.3 Å². The maximum absolute atomic E-state index is 12.2. The van der Waals surface area contributed by atoms with Gasteiger partial charge in [-0.1, -0.05) is 118 Å². The Morgan fingerprint density at radius 1 is 0.737 bits per heavy atom. The van der Waals surface area contributed by atoms with Gasteiger partial charge in [0.1, 0.15) is 0 Å². The SMILES string of the molecule is CCCCCCCCCCC(OCCCCCC(C)C)(OCCCCCC(C)C)C(=O)O.O=P([O-])(O)O.[K+]. The third-order valence-electron chi connectivity index (χ3n) is 6.21. The molecule has 0 aromatic rings. The zero-order chi connectivity index (χ0) is 28.6. The number of aliphatic carboxylic acids is 1. The summed E-state index contributed by atoms with van der Waals surface area (Å²) in [4.78, 5) is 35.2. The van der Waals surface area contributed by atoms with E-state index in [-0.39, 0.29) is 51.4 Å². The molecule has 0 aromatic heterocycles. The Morgan fingerprint density at radius 2 is 1.08 bits per heavy atom. The third kappa shape index (κ3) is 33.3. The molecule has 10 heteroatoms. The van der Waals surface area contributed by atoms with Crippen molar-refractivity contribution >= 4 is 13.8 Å². The van der Waals surface area contributed by atoms with Crippen molar-refractivity contribution < 1.29 is 90.0 Å². The molecule has 0 unspecified atom stereocenters. The van der Waals surface area contributed by atoms with Gasteiger partial charge in [-0.05, 0) is 31.1 Å². The average Bonchev–Trinajstić information content (AvgIpc) is 2.78. The van der Waals surface area contributed by atoms with E-state index in [9.17, 15) is 9.90 Å². The molecule has 8 nitrogen and oxygen atoms in total. The molecule has 0 fully saturated rings. The molecule has 224 valence electrons. The second-order valence-corrected chi connectivity index (χ2v) is 11.9. The molecule has 0 amide bonds. The fourth-order valence-electron chi connectivity index (χ4n) is 4.04. The van der Waals surface area contributed by atoms with Crippen LogP contribution in [0.3, 0.4) is 0 Å². The van der Waals surface area contributed by atoms with E-state index in [1.54, 1.807) is 0 Å². The van der Waals surface area contributed by atoms with Gasteiger partial charge >= 0.3 is 57.4 Å². The minimum atomic E-state index is -4.89. The van der Waals surface area contributed by atoms with E-state index in [1.807, 2.05) is 0 Å². The van der Waals surface area contributed by atoms with E-state index in [0.717, 1.165) is 50.4 Å². The Hall–Kier alpha value is 1.14. The number of carboxylic acid groups (broad SMARTS) is 1. The summed E-state index contributed by atoms with van der Waals surface area (Å²) in [5.74, 6) is -0.979. The molecule has 0 radical (unpaired) electrons. The predicted octanol–water partition coefficient (Wildman–Crippen LogP) is 4.21. The van der Waals surface area contributed by atoms with Crippen molar-refractivity contribution in [3.8, 4) is 0 Å². The zero-order valence-corrected chi connectivity index (χ0v) is 29.4. The van der Waals surface area contributed by atoms with Gasteiger partial charge in [0.15, 0.2) is 0 Å². The number of ether oxygens (including phenoxy) is 2. The first-order valence-corrected chi connectivity index (χ1v) is 16.1. The van der Waals surface area contributed by atoms with Crippen molar-refractivity contribution in [2.75, 3.05) is 13.2 Å². The number of hydrogen-bond donors (Lipinski definition) is 3. The summed E-state index contributed by atoms with van der Waals surface area (Å²) >= 11 is 0. The molecule has 0 aliphatic heterocycles. The van der Waals surface area contributed by atoms with Crippen molar-refractivity contribution in [2.45, 2.75) is 150 Å². The quantitative estimate of drug-likeness (QED) is 0.0656. The summed E-state index contributed by atoms with van der Waals surface area (Å²) in [5.41, 5.74) is 0. The second kappa shape index (κ2) is 28.3. The summed E-state index contributed by atoms with van der Waals surface area (Å²) in [6.07, 6.45) is 18.7. The Bertz CT molecular complexity index is 541. The molecule has 3 N–H and O–H groups in total. The summed E-state index contributed by atoms with van der Waals surface area (Å²) in [7, 11) is -4.89. The molecular formula is C28H58KO8P. The molecule has 0 aromatic carbocycles. The fraction of sp³-hybridized carbons (Fsp3) is 0.964. The number of carboxylic acids is 1. The number of rotatable bonds is 24. The molecule has 0 aliphatic rings. The van der Waals surface area contributed by atoms with E-state index in [1.165, 1.54) is 64.2 Å². The van der Waals surface area contributed by atoms with Crippen LogP contribution in [-0.2, 0) is 18.8 Å². The number of hydrogen-bond acceptors (Lipinski definition) is 5. The molecule has 0 heterocycles. The molecule has 38 heavy (non-hydrogen) atoms. The Labute approximate surface area is 276 Å². The van der Waals surface area contributed by atoms with Gasteiger partial charge in [-0.3, -0.25) is 4.57 Å². The van der Waals surface area contributed by atoms with Crippen LogP contribution in [0, 0.1) is 11.8 Å². The smallest absolute Gasteiger partial charge is 0.756 e. The largest absolute Gasteiger partial charge is 1.00 e. The van der Waals surface area contributed by atoms with Crippen LogP contribution in [-0.4, -0.2) is 39.9 Å². The average molecular weight is 593 g/mol. The van der Waals surface area contributed by atoms with Crippen LogP contribution in [0.2, 0.25) is 0 Å². The minimum absolute atomic E-state index is 0. The summed E-state index contributed by atoms with van der Waals surface area (Å²) in [6.45, 7) is 12.1. The van der Waals surface area contributed by atoms with Crippen LogP contribution in [0.15, 0.2) is 0 Å². The van der Waals surface area contributed by atoms with Gasteiger partial charge in [0.25, 0.3) is 13.6 Å². The van der Waals surface area contributed by atoms with Crippen LogP contribution in [0.1, 0.15) is 144 Å². The van der Waals surface area contributed by atoms with E-state index in [2.05, 4.69) is 34.6 Å². The normalized spacial score (nSPS) is 11.8. The maximum atomic E-state index is 12.2. The van der Waals surface area contributed by atoms with Crippen molar-refractivity contribution in [2.24, 2.45) is 11.8 Å². The number of unbranched alkanes of at least 4 members (excludes halogenated alkanes) is 11. The molecular weight excluding hydrogens is 534 g/mol. The summed E-state index contributed by atoms with van der Waals surface area (Å²) in [5, 5.41) is 10.0. The van der Waals surface area contributed by atoms with Crippen LogP contribution >= 0.6 is 7.82 Å². The van der Waals surface area contributed by atoms with Crippen molar-refractivity contribution in [1.29, 1.82) is 0 Å². The molecule has 0 atom stereocenters.